The van der Waals surface area contributed by atoms with E-state index in [0.717, 1.165) is 52.4 Å². The highest BCUT2D eigenvalue weighted by Gasteiger charge is 2.22. The van der Waals surface area contributed by atoms with Gasteiger partial charge in [-0.15, -0.1) is 0 Å². The van der Waals surface area contributed by atoms with Crippen LogP contribution >= 0.6 is 0 Å². The molecule has 0 aromatic carbocycles. The van der Waals surface area contributed by atoms with Crippen molar-refractivity contribution in [2.75, 3.05) is 52.4 Å². The smallest absolute Gasteiger partial charge is 0.0791 e. The van der Waals surface area contributed by atoms with E-state index in [1.165, 1.54) is 64.2 Å². The van der Waals surface area contributed by atoms with Gasteiger partial charge >= 0.3 is 0 Å². The Labute approximate surface area is 172 Å². The molecule has 6 nitrogen and oxygen atoms in total. The summed E-state index contributed by atoms with van der Waals surface area (Å²) in [5.41, 5.74) is 0. The van der Waals surface area contributed by atoms with E-state index in [1.807, 2.05) is 0 Å². The Morgan fingerprint density at radius 3 is 1.32 bits per heavy atom. The normalized spacial score (nSPS) is 26.4. The Balaban J connectivity index is 1.23. The third-order valence-corrected chi connectivity index (χ3v) is 6.90. The molecule has 3 fully saturated rings. The molecule has 0 spiro atoms. The van der Waals surface area contributed by atoms with Crippen molar-refractivity contribution in [1.82, 2.24) is 20.4 Å². The standard InChI is InChI=1S/C22H44N4O2/c27-21(15-23-19-7-3-1-4-8-19)17-25-11-13-26(14-12-25)18-22(28)16-24-20-9-5-2-6-10-20/h19-24,27-28H,1-18H2/t21-,22-/m1/s1. The van der Waals surface area contributed by atoms with Crippen molar-refractivity contribution in [3.8, 4) is 0 Å². The fraction of sp³-hybridized carbons (Fsp3) is 1.00. The minimum Gasteiger partial charge on any atom is -0.390 e. The number of β-amino-alcohol motifs (C(OH)–C–C–N with tert-alkyl or cyclic N) is 2. The van der Waals surface area contributed by atoms with Gasteiger partial charge < -0.3 is 20.8 Å². The van der Waals surface area contributed by atoms with Crippen LogP contribution in [0.1, 0.15) is 64.2 Å². The molecule has 1 saturated heterocycles. The summed E-state index contributed by atoms with van der Waals surface area (Å²) in [5.74, 6) is 0. The summed E-state index contributed by atoms with van der Waals surface area (Å²) in [4.78, 5) is 4.74. The number of piperazine rings is 1. The molecule has 1 heterocycles. The third-order valence-electron chi connectivity index (χ3n) is 6.90. The quantitative estimate of drug-likeness (QED) is 0.444. The Morgan fingerprint density at radius 1 is 0.607 bits per heavy atom. The minimum atomic E-state index is -0.279. The average Bonchev–Trinajstić information content (AvgIpc) is 2.74. The van der Waals surface area contributed by atoms with Gasteiger partial charge in [0.05, 0.1) is 12.2 Å². The molecular weight excluding hydrogens is 352 g/mol. The second-order valence-corrected chi connectivity index (χ2v) is 9.40. The van der Waals surface area contributed by atoms with Crippen LogP contribution in [0.25, 0.3) is 0 Å². The second kappa shape index (κ2) is 12.5. The van der Waals surface area contributed by atoms with Gasteiger partial charge in [0.15, 0.2) is 0 Å². The van der Waals surface area contributed by atoms with Crippen LogP contribution in [0.3, 0.4) is 0 Å². The predicted molar refractivity (Wildman–Crippen MR) is 115 cm³/mol. The van der Waals surface area contributed by atoms with Crippen LogP contribution in [0.5, 0.6) is 0 Å². The van der Waals surface area contributed by atoms with Crippen molar-refractivity contribution in [2.45, 2.75) is 88.5 Å². The molecule has 0 aromatic heterocycles. The number of aliphatic hydroxyl groups excluding tert-OH is 2. The lowest BCUT2D eigenvalue weighted by atomic mass is 9.95. The molecule has 164 valence electrons. The molecule has 0 unspecified atom stereocenters. The molecule has 3 rings (SSSR count). The maximum atomic E-state index is 10.4. The lowest BCUT2D eigenvalue weighted by molar-refractivity contribution is 0.0468. The molecule has 2 aliphatic carbocycles. The Hall–Kier alpha value is -0.240. The molecule has 4 N–H and O–H groups in total. The number of aliphatic hydroxyl groups is 2. The van der Waals surface area contributed by atoms with Gasteiger partial charge in [-0.2, -0.15) is 0 Å². The van der Waals surface area contributed by atoms with Crippen LogP contribution < -0.4 is 10.6 Å². The number of hydrogen-bond acceptors (Lipinski definition) is 6. The maximum absolute atomic E-state index is 10.4. The lowest BCUT2D eigenvalue weighted by Crippen LogP contribution is -2.52. The zero-order valence-corrected chi connectivity index (χ0v) is 17.8. The maximum Gasteiger partial charge on any atom is 0.0791 e. The highest BCUT2D eigenvalue weighted by Crippen LogP contribution is 2.18. The van der Waals surface area contributed by atoms with Crippen LogP contribution in [0.15, 0.2) is 0 Å². The number of rotatable bonds is 10. The van der Waals surface area contributed by atoms with Crippen molar-refractivity contribution in [3.63, 3.8) is 0 Å². The topological polar surface area (TPSA) is 71.0 Å². The van der Waals surface area contributed by atoms with E-state index in [-0.39, 0.29) is 12.2 Å². The van der Waals surface area contributed by atoms with Crippen LogP contribution in [-0.4, -0.2) is 96.7 Å². The fourth-order valence-corrected chi connectivity index (χ4v) is 5.10. The molecule has 1 aliphatic heterocycles. The minimum absolute atomic E-state index is 0.279. The molecule has 2 saturated carbocycles. The number of nitrogens with one attached hydrogen (secondary N) is 2. The molecular formula is C22H44N4O2. The first-order valence-electron chi connectivity index (χ1n) is 12.0. The van der Waals surface area contributed by atoms with E-state index in [9.17, 15) is 10.2 Å². The average molecular weight is 397 g/mol. The molecule has 0 bridgehead atoms. The SMILES string of the molecule is O[C@H](CNC1CCCCC1)CN1CCN(C[C@H](O)CNC2CCCCC2)CC1. The number of hydrogen-bond donors (Lipinski definition) is 4. The van der Waals surface area contributed by atoms with Gasteiger partial charge in [0, 0.05) is 64.4 Å². The molecule has 0 radical (unpaired) electrons. The molecule has 2 atom stereocenters. The first-order chi connectivity index (χ1) is 13.7. The Kier molecular flexibility index (Phi) is 9.98. The lowest BCUT2D eigenvalue weighted by Gasteiger charge is -2.37. The summed E-state index contributed by atoms with van der Waals surface area (Å²) < 4.78 is 0. The van der Waals surface area contributed by atoms with Gasteiger partial charge in [-0.3, -0.25) is 9.80 Å². The Bertz CT molecular complexity index is 367. The van der Waals surface area contributed by atoms with E-state index >= 15 is 0 Å². The van der Waals surface area contributed by atoms with E-state index in [0.29, 0.717) is 12.1 Å². The first-order valence-corrected chi connectivity index (χ1v) is 12.0. The number of nitrogens with zero attached hydrogens (tertiary/aromatic N) is 2. The monoisotopic (exact) mass is 396 g/mol. The van der Waals surface area contributed by atoms with Crippen LogP contribution in [0, 0.1) is 0 Å². The zero-order valence-electron chi connectivity index (χ0n) is 17.8. The highest BCUT2D eigenvalue weighted by atomic mass is 16.3. The van der Waals surface area contributed by atoms with E-state index in [4.69, 9.17) is 0 Å². The molecule has 28 heavy (non-hydrogen) atoms. The highest BCUT2D eigenvalue weighted by molar-refractivity contribution is 4.80. The zero-order chi connectivity index (χ0) is 19.6. The summed E-state index contributed by atoms with van der Waals surface area (Å²) in [6.45, 7) is 6.92. The summed E-state index contributed by atoms with van der Waals surface area (Å²) >= 11 is 0. The van der Waals surface area contributed by atoms with Crippen molar-refractivity contribution >= 4 is 0 Å². The second-order valence-electron chi connectivity index (χ2n) is 9.40. The van der Waals surface area contributed by atoms with Crippen molar-refractivity contribution in [2.24, 2.45) is 0 Å². The van der Waals surface area contributed by atoms with E-state index in [2.05, 4.69) is 20.4 Å². The van der Waals surface area contributed by atoms with Crippen molar-refractivity contribution in [1.29, 1.82) is 0 Å². The van der Waals surface area contributed by atoms with Gasteiger partial charge in [-0.25, -0.2) is 0 Å². The van der Waals surface area contributed by atoms with Crippen LogP contribution in [0.2, 0.25) is 0 Å². The van der Waals surface area contributed by atoms with Gasteiger partial charge in [-0.1, -0.05) is 38.5 Å². The molecule has 6 heteroatoms. The van der Waals surface area contributed by atoms with E-state index in [1.54, 1.807) is 0 Å². The molecule has 3 aliphatic rings. The van der Waals surface area contributed by atoms with Crippen LogP contribution in [-0.2, 0) is 0 Å². The first kappa shape index (κ1) is 22.4. The van der Waals surface area contributed by atoms with E-state index < -0.39 is 0 Å². The van der Waals surface area contributed by atoms with Gasteiger partial charge in [-0.05, 0) is 25.7 Å². The summed E-state index contributed by atoms with van der Waals surface area (Å²) in [5, 5.41) is 27.9. The van der Waals surface area contributed by atoms with Crippen molar-refractivity contribution in [3.05, 3.63) is 0 Å². The summed E-state index contributed by atoms with van der Waals surface area (Å²) in [6.07, 6.45) is 12.6. The fourth-order valence-electron chi connectivity index (χ4n) is 5.10. The Morgan fingerprint density at radius 2 is 0.964 bits per heavy atom. The summed E-state index contributed by atoms with van der Waals surface area (Å²) in [6, 6.07) is 1.23. The molecule has 0 aromatic rings. The van der Waals surface area contributed by atoms with Crippen molar-refractivity contribution < 1.29 is 10.2 Å². The van der Waals surface area contributed by atoms with Gasteiger partial charge in [0.1, 0.15) is 0 Å². The van der Waals surface area contributed by atoms with Gasteiger partial charge in [0.25, 0.3) is 0 Å². The molecule has 0 amide bonds. The summed E-state index contributed by atoms with van der Waals surface area (Å²) in [7, 11) is 0. The predicted octanol–water partition coefficient (Wildman–Crippen LogP) is 1.17. The van der Waals surface area contributed by atoms with Crippen LogP contribution in [0.4, 0.5) is 0 Å². The third kappa shape index (κ3) is 8.25. The largest absolute Gasteiger partial charge is 0.390 e. The van der Waals surface area contributed by atoms with Gasteiger partial charge in [0.2, 0.25) is 0 Å².